The molecule has 4 N–H and O–H groups in total. The summed E-state index contributed by atoms with van der Waals surface area (Å²) < 4.78 is 0. The zero-order chi connectivity index (χ0) is 19.2. The van der Waals surface area contributed by atoms with Crippen molar-refractivity contribution < 1.29 is 9.59 Å². The third-order valence-electron chi connectivity index (χ3n) is 4.28. The third kappa shape index (κ3) is 6.50. The van der Waals surface area contributed by atoms with E-state index in [2.05, 4.69) is 31.4 Å². The van der Waals surface area contributed by atoms with E-state index in [1.807, 2.05) is 45.0 Å². The number of carbonyl (C=O) groups is 2. The Labute approximate surface area is 151 Å². The van der Waals surface area contributed by atoms with Crippen LogP contribution < -0.4 is 16.4 Å². The number of benzene rings is 1. The van der Waals surface area contributed by atoms with E-state index < -0.39 is 6.04 Å². The van der Waals surface area contributed by atoms with Gasteiger partial charge in [-0.2, -0.15) is 0 Å². The maximum Gasteiger partial charge on any atom is 0.251 e. The molecule has 1 aromatic carbocycles. The van der Waals surface area contributed by atoms with Crippen LogP contribution in [0.15, 0.2) is 24.3 Å². The minimum atomic E-state index is -0.570. The number of carbonyl (C=O) groups excluding carboxylic acids is 2. The van der Waals surface area contributed by atoms with Crippen LogP contribution in [0.25, 0.3) is 0 Å². The first-order valence-electron chi connectivity index (χ1n) is 8.95. The fraction of sp³-hybridized carbons (Fsp3) is 0.600. The highest BCUT2D eigenvalue weighted by Crippen LogP contribution is 2.22. The summed E-state index contributed by atoms with van der Waals surface area (Å²) in [7, 11) is 0. The first-order chi connectivity index (χ1) is 11.6. The third-order valence-corrected chi connectivity index (χ3v) is 4.28. The Kier molecular flexibility index (Phi) is 7.61. The van der Waals surface area contributed by atoms with Crippen molar-refractivity contribution >= 4 is 11.8 Å². The highest BCUT2D eigenvalue weighted by atomic mass is 16.2. The van der Waals surface area contributed by atoms with Crippen LogP contribution in [0.2, 0.25) is 0 Å². The van der Waals surface area contributed by atoms with E-state index in [9.17, 15) is 9.59 Å². The van der Waals surface area contributed by atoms with E-state index in [0.717, 1.165) is 5.56 Å². The molecule has 0 fully saturated rings. The molecule has 5 heteroatoms. The normalized spacial score (nSPS) is 14.1. The highest BCUT2D eigenvalue weighted by molar-refractivity contribution is 5.97. The van der Waals surface area contributed by atoms with E-state index in [-0.39, 0.29) is 29.1 Å². The van der Waals surface area contributed by atoms with Crippen LogP contribution in [-0.4, -0.2) is 30.9 Å². The minimum absolute atomic E-state index is 0.00835. The topological polar surface area (TPSA) is 84.2 Å². The van der Waals surface area contributed by atoms with Gasteiger partial charge in [0.2, 0.25) is 5.91 Å². The van der Waals surface area contributed by atoms with E-state index >= 15 is 0 Å². The van der Waals surface area contributed by atoms with Crippen LogP contribution in [-0.2, 0) is 10.2 Å². The standard InChI is InChI=1S/C20H33N3O2/c1-13(2)17(19(25)22-12-14(3)11-21)23-18(24)15-7-9-16(10-8-15)20(4,5)6/h7-10,13-14,17H,11-12,21H2,1-6H3,(H,22,25)(H,23,24). The molecule has 1 rings (SSSR count). The van der Waals surface area contributed by atoms with E-state index in [0.29, 0.717) is 18.7 Å². The van der Waals surface area contributed by atoms with Gasteiger partial charge in [-0.05, 0) is 41.5 Å². The van der Waals surface area contributed by atoms with Crippen molar-refractivity contribution in [3.8, 4) is 0 Å². The van der Waals surface area contributed by atoms with Crippen molar-refractivity contribution in [1.29, 1.82) is 0 Å². The maximum atomic E-state index is 12.5. The molecule has 140 valence electrons. The molecule has 25 heavy (non-hydrogen) atoms. The Morgan fingerprint density at radius 1 is 1.08 bits per heavy atom. The average molecular weight is 348 g/mol. The molecule has 0 aliphatic heterocycles. The van der Waals surface area contributed by atoms with Gasteiger partial charge in [0.1, 0.15) is 6.04 Å². The lowest BCUT2D eigenvalue weighted by Crippen LogP contribution is -2.50. The zero-order valence-electron chi connectivity index (χ0n) is 16.3. The largest absolute Gasteiger partial charge is 0.354 e. The van der Waals surface area contributed by atoms with Gasteiger partial charge < -0.3 is 16.4 Å². The Hall–Kier alpha value is -1.88. The summed E-state index contributed by atoms with van der Waals surface area (Å²) in [6.07, 6.45) is 0. The summed E-state index contributed by atoms with van der Waals surface area (Å²) >= 11 is 0. The van der Waals surface area contributed by atoms with Crippen molar-refractivity contribution in [2.24, 2.45) is 17.6 Å². The lowest BCUT2D eigenvalue weighted by Gasteiger charge is -2.23. The van der Waals surface area contributed by atoms with Gasteiger partial charge in [0.15, 0.2) is 0 Å². The minimum Gasteiger partial charge on any atom is -0.354 e. The number of rotatable bonds is 7. The molecule has 1 aromatic rings. The molecule has 0 aliphatic rings. The maximum absolute atomic E-state index is 12.5. The molecule has 5 nitrogen and oxygen atoms in total. The van der Waals surface area contributed by atoms with Crippen LogP contribution in [0, 0.1) is 11.8 Å². The summed E-state index contributed by atoms with van der Waals surface area (Å²) in [5.41, 5.74) is 7.33. The molecule has 0 bridgehead atoms. The summed E-state index contributed by atoms with van der Waals surface area (Å²) in [6.45, 7) is 13.2. The molecular weight excluding hydrogens is 314 g/mol. The Morgan fingerprint density at radius 2 is 1.64 bits per heavy atom. The highest BCUT2D eigenvalue weighted by Gasteiger charge is 2.25. The average Bonchev–Trinajstić information content (AvgIpc) is 2.55. The number of hydrogen-bond donors (Lipinski definition) is 3. The number of nitrogens with two attached hydrogens (primary N) is 1. The lowest BCUT2D eigenvalue weighted by molar-refractivity contribution is -0.124. The van der Waals surface area contributed by atoms with Gasteiger partial charge in [0, 0.05) is 12.1 Å². The van der Waals surface area contributed by atoms with Crippen LogP contribution in [0.4, 0.5) is 0 Å². The zero-order valence-corrected chi connectivity index (χ0v) is 16.3. The summed E-state index contributed by atoms with van der Waals surface area (Å²) in [6, 6.07) is 6.97. The second kappa shape index (κ2) is 8.99. The van der Waals surface area contributed by atoms with Gasteiger partial charge in [-0.1, -0.05) is 53.7 Å². The molecular formula is C20H33N3O2. The van der Waals surface area contributed by atoms with Crippen molar-refractivity contribution in [1.82, 2.24) is 10.6 Å². The van der Waals surface area contributed by atoms with Crippen molar-refractivity contribution in [2.75, 3.05) is 13.1 Å². The second-order valence-corrected chi connectivity index (χ2v) is 8.11. The summed E-state index contributed by atoms with van der Waals surface area (Å²) in [5.74, 6) is -0.209. The quantitative estimate of drug-likeness (QED) is 0.708. The number of amides is 2. The van der Waals surface area contributed by atoms with Crippen LogP contribution in [0.1, 0.15) is 57.5 Å². The SMILES string of the molecule is CC(CN)CNC(=O)C(NC(=O)c1ccc(C(C)(C)C)cc1)C(C)C. The van der Waals surface area contributed by atoms with Crippen LogP contribution in [0.3, 0.4) is 0 Å². The fourth-order valence-electron chi connectivity index (χ4n) is 2.35. The van der Waals surface area contributed by atoms with Gasteiger partial charge >= 0.3 is 0 Å². The monoisotopic (exact) mass is 347 g/mol. The van der Waals surface area contributed by atoms with Gasteiger partial charge in [-0.3, -0.25) is 9.59 Å². The van der Waals surface area contributed by atoms with E-state index in [1.54, 1.807) is 0 Å². The van der Waals surface area contributed by atoms with E-state index in [4.69, 9.17) is 5.73 Å². The molecule has 0 saturated heterocycles. The van der Waals surface area contributed by atoms with Gasteiger partial charge in [-0.25, -0.2) is 0 Å². The molecule has 0 radical (unpaired) electrons. The van der Waals surface area contributed by atoms with Gasteiger partial charge in [-0.15, -0.1) is 0 Å². The smallest absolute Gasteiger partial charge is 0.251 e. The van der Waals surface area contributed by atoms with Crippen LogP contribution in [0.5, 0.6) is 0 Å². The first kappa shape index (κ1) is 21.2. The van der Waals surface area contributed by atoms with Crippen molar-refractivity contribution in [3.05, 3.63) is 35.4 Å². The fourth-order valence-corrected chi connectivity index (χ4v) is 2.35. The molecule has 0 aliphatic carbocycles. The Morgan fingerprint density at radius 3 is 2.08 bits per heavy atom. The Balaban J connectivity index is 2.77. The van der Waals surface area contributed by atoms with E-state index in [1.165, 1.54) is 0 Å². The predicted molar refractivity (Wildman–Crippen MR) is 102 cm³/mol. The van der Waals surface area contributed by atoms with Gasteiger partial charge in [0.05, 0.1) is 0 Å². The lowest BCUT2D eigenvalue weighted by atomic mass is 9.86. The van der Waals surface area contributed by atoms with Gasteiger partial charge in [0.25, 0.3) is 5.91 Å². The molecule has 2 atom stereocenters. The molecule has 0 heterocycles. The number of hydrogen-bond acceptors (Lipinski definition) is 3. The summed E-state index contributed by atoms with van der Waals surface area (Å²) in [5, 5.41) is 5.72. The second-order valence-electron chi connectivity index (χ2n) is 8.11. The molecule has 0 aromatic heterocycles. The molecule has 0 spiro atoms. The molecule has 0 saturated carbocycles. The summed E-state index contributed by atoms with van der Waals surface area (Å²) in [4.78, 5) is 24.9. The van der Waals surface area contributed by atoms with Crippen LogP contribution >= 0.6 is 0 Å². The number of nitrogens with one attached hydrogen (secondary N) is 2. The Bertz CT molecular complexity index is 574. The van der Waals surface area contributed by atoms with Crippen molar-refractivity contribution in [2.45, 2.75) is 53.0 Å². The first-order valence-corrected chi connectivity index (χ1v) is 8.95. The predicted octanol–water partition coefficient (Wildman–Crippen LogP) is 2.45. The molecule has 2 amide bonds. The molecule has 2 unspecified atom stereocenters. The van der Waals surface area contributed by atoms with Crippen molar-refractivity contribution in [3.63, 3.8) is 0 Å².